The zero-order valence-corrected chi connectivity index (χ0v) is 8.75. The molecule has 0 amide bonds. The van der Waals surface area contributed by atoms with Crippen molar-refractivity contribution in [2.75, 3.05) is 13.1 Å². The fourth-order valence-corrected chi connectivity index (χ4v) is 1.53. The molecule has 0 saturated carbocycles. The molecule has 1 aromatic rings. The first-order chi connectivity index (χ1) is 7.18. The SMILES string of the molecule is O=C(C(=O)C1CNC1)c1ccc(Cl)cc1. The summed E-state index contributed by atoms with van der Waals surface area (Å²) in [6.07, 6.45) is 0. The minimum absolute atomic E-state index is 0.145. The van der Waals surface area contributed by atoms with Crippen molar-refractivity contribution in [1.82, 2.24) is 5.32 Å². The maximum atomic E-state index is 11.7. The van der Waals surface area contributed by atoms with Gasteiger partial charge in [-0.2, -0.15) is 0 Å². The highest BCUT2D eigenvalue weighted by molar-refractivity contribution is 6.44. The van der Waals surface area contributed by atoms with Crippen LogP contribution >= 0.6 is 11.6 Å². The van der Waals surface area contributed by atoms with Gasteiger partial charge in [-0.1, -0.05) is 11.6 Å². The Morgan fingerprint density at radius 1 is 1.20 bits per heavy atom. The molecule has 2 rings (SSSR count). The largest absolute Gasteiger partial charge is 0.315 e. The smallest absolute Gasteiger partial charge is 0.228 e. The quantitative estimate of drug-likeness (QED) is 0.621. The van der Waals surface area contributed by atoms with Gasteiger partial charge in [-0.15, -0.1) is 0 Å². The topological polar surface area (TPSA) is 46.2 Å². The molecule has 0 radical (unpaired) electrons. The summed E-state index contributed by atoms with van der Waals surface area (Å²) in [5.74, 6) is -0.873. The number of carbonyl (C=O) groups is 2. The number of halogens is 1. The van der Waals surface area contributed by atoms with Crippen molar-refractivity contribution in [3.05, 3.63) is 34.9 Å². The van der Waals surface area contributed by atoms with Crippen LogP contribution in [0.1, 0.15) is 10.4 Å². The standard InChI is InChI=1S/C11H10ClNO2/c12-9-3-1-7(2-4-9)10(14)11(15)8-5-13-6-8/h1-4,8,13H,5-6H2. The second kappa shape index (κ2) is 4.13. The van der Waals surface area contributed by atoms with E-state index in [4.69, 9.17) is 11.6 Å². The first kappa shape index (κ1) is 10.3. The normalized spacial score (nSPS) is 15.8. The number of Topliss-reactive ketones (excluding diaryl/α,β-unsaturated/α-hetero) is 2. The van der Waals surface area contributed by atoms with Crippen LogP contribution in [0.5, 0.6) is 0 Å². The monoisotopic (exact) mass is 223 g/mol. The molecule has 1 fully saturated rings. The molecule has 0 atom stereocenters. The van der Waals surface area contributed by atoms with Crippen LogP contribution in [0.2, 0.25) is 5.02 Å². The lowest BCUT2D eigenvalue weighted by molar-refractivity contribution is -0.119. The first-order valence-electron chi connectivity index (χ1n) is 4.73. The molecule has 1 N–H and O–H groups in total. The number of hydrogen-bond donors (Lipinski definition) is 1. The van der Waals surface area contributed by atoms with Gasteiger partial charge in [0.15, 0.2) is 0 Å². The second-order valence-corrected chi connectivity index (χ2v) is 3.99. The molecule has 1 aromatic carbocycles. The lowest BCUT2D eigenvalue weighted by atomic mass is 9.92. The second-order valence-electron chi connectivity index (χ2n) is 3.56. The van der Waals surface area contributed by atoms with Crippen LogP contribution in [0.15, 0.2) is 24.3 Å². The summed E-state index contributed by atoms with van der Waals surface area (Å²) in [6, 6.07) is 6.38. The summed E-state index contributed by atoms with van der Waals surface area (Å²) in [4.78, 5) is 23.3. The molecule has 0 spiro atoms. The third-order valence-corrected chi connectivity index (χ3v) is 2.73. The van der Waals surface area contributed by atoms with E-state index in [1.807, 2.05) is 0 Å². The van der Waals surface area contributed by atoms with E-state index in [9.17, 15) is 9.59 Å². The van der Waals surface area contributed by atoms with Crippen LogP contribution in [-0.2, 0) is 4.79 Å². The molecule has 1 aliphatic rings. The lowest BCUT2D eigenvalue weighted by Crippen LogP contribution is -2.48. The Balaban J connectivity index is 2.13. The Morgan fingerprint density at radius 2 is 1.80 bits per heavy atom. The zero-order valence-electron chi connectivity index (χ0n) is 8.00. The van der Waals surface area contributed by atoms with Crippen molar-refractivity contribution in [3.8, 4) is 0 Å². The molecule has 0 bridgehead atoms. The molecule has 0 unspecified atom stereocenters. The van der Waals surface area contributed by atoms with Gasteiger partial charge in [0.05, 0.1) is 5.92 Å². The minimum atomic E-state index is -0.418. The molecular formula is C11H10ClNO2. The zero-order chi connectivity index (χ0) is 10.8. The number of hydrogen-bond acceptors (Lipinski definition) is 3. The van der Waals surface area contributed by atoms with E-state index in [-0.39, 0.29) is 11.7 Å². The van der Waals surface area contributed by atoms with Gasteiger partial charge < -0.3 is 5.32 Å². The van der Waals surface area contributed by atoms with Crippen LogP contribution in [0.3, 0.4) is 0 Å². The van der Waals surface area contributed by atoms with Gasteiger partial charge in [0.1, 0.15) is 0 Å². The Bertz CT molecular complexity index is 396. The summed E-state index contributed by atoms with van der Waals surface area (Å²) < 4.78 is 0. The summed E-state index contributed by atoms with van der Waals surface area (Å²) >= 11 is 5.69. The molecule has 1 saturated heterocycles. The molecule has 1 aliphatic heterocycles. The predicted octanol–water partition coefficient (Wildman–Crippen LogP) is 1.31. The van der Waals surface area contributed by atoms with Gasteiger partial charge in [0.25, 0.3) is 0 Å². The highest BCUT2D eigenvalue weighted by Gasteiger charge is 2.30. The van der Waals surface area contributed by atoms with Crippen molar-refractivity contribution in [2.24, 2.45) is 5.92 Å². The number of rotatable bonds is 3. The van der Waals surface area contributed by atoms with Gasteiger partial charge in [0, 0.05) is 23.7 Å². The molecule has 15 heavy (non-hydrogen) atoms. The van der Waals surface area contributed by atoms with Crippen LogP contribution < -0.4 is 5.32 Å². The minimum Gasteiger partial charge on any atom is -0.315 e. The van der Waals surface area contributed by atoms with Crippen LogP contribution in [0.4, 0.5) is 0 Å². The van der Waals surface area contributed by atoms with Gasteiger partial charge in [-0.3, -0.25) is 9.59 Å². The Morgan fingerprint density at radius 3 is 2.27 bits per heavy atom. The maximum Gasteiger partial charge on any atom is 0.228 e. The molecule has 0 aliphatic carbocycles. The summed E-state index contributed by atoms with van der Waals surface area (Å²) in [5.41, 5.74) is 0.413. The highest BCUT2D eigenvalue weighted by Crippen LogP contribution is 2.13. The fourth-order valence-electron chi connectivity index (χ4n) is 1.40. The van der Waals surface area contributed by atoms with Gasteiger partial charge in [-0.05, 0) is 24.3 Å². The van der Waals surface area contributed by atoms with Crippen molar-refractivity contribution >= 4 is 23.2 Å². The van der Waals surface area contributed by atoms with Crippen LogP contribution in [-0.4, -0.2) is 24.7 Å². The van der Waals surface area contributed by atoms with Crippen molar-refractivity contribution < 1.29 is 9.59 Å². The van der Waals surface area contributed by atoms with E-state index >= 15 is 0 Å². The van der Waals surface area contributed by atoms with Crippen molar-refractivity contribution in [1.29, 1.82) is 0 Å². The average Bonchev–Trinajstić information content (AvgIpc) is 2.15. The predicted molar refractivity (Wildman–Crippen MR) is 57.1 cm³/mol. The van der Waals surface area contributed by atoms with E-state index in [1.54, 1.807) is 24.3 Å². The van der Waals surface area contributed by atoms with Crippen LogP contribution in [0.25, 0.3) is 0 Å². The van der Waals surface area contributed by atoms with E-state index in [1.165, 1.54) is 0 Å². The van der Waals surface area contributed by atoms with Crippen LogP contribution in [0, 0.1) is 5.92 Å². The first-order valence-corrected chi connectivity index (χ1v) is 5.11. The van der Waals surface area contributed by atoms with Gasteiger partial charge >= 0.3 is 0 Å². The Hall–Kier alpha value is -1.19. The molecular weight excluding hydrogens is 214 g/mol. The molecule has 4 heteroatoms. The number of benzene rings is 1. The van der Waals surface area contributed by atoms with E-state index in [2.05, 4.69) is 5.32 Å². The third kappa shape index (κ3) is 2.08. The summed E-state index contributed by atoms with van der Waals surface area (Å²) in [6.45, 7) is 1.22. The molecule has 3 nitrogen and oxygen atoms in total. The summed E-state index contributed by atoms with van der Waals surface area (Å²) in [5, 5.41) is 3.52. The summed E-state index contributed by atoms with van der Waals surface area (Å²) in [7, 11) is 0. The molecule has 1 heterocycles. The number of ketones is 2. The van der Waals surface area contributed by atoms with Gasteiger partial charge in [0.2, 0.25) is 11.6 Å². The fraction of sp³-hybridized carbons (Fsp3) is 0.273. The Kier molecular flexibility index (Phi) is 2.84. The van der Waals surface area contributed by atoms with Gasteiger partial charge in [-0.25, -0.2) is 0 Å². The number of carbonyl (C=O) groups excluding carboxylic acids is 2. The lowest BCUT2D eigenvalue weighted by Gasteiger charge is -2.24. The highest BCUT2D eigenvalue weighted by atomic mass is 35.5. The molecule has 0 aromatic heterocycles. The van der Waals surface area contributed by atoms with Crippen molar-refractivity contribution in [3.63, 3.8) is 0 Å². The van der Waals surface area contributed by atoms with E-state index in [0.29, 0.717) is 23.7 Å². The number of nitrogens with one attached hydrogen (secondary N) is 1. The third-order valence-electron chi connectivity index (χ3n) is 2.48. The average molecular weight is 224 g/mol. The van der Waals surface area contributed by atoms with E-state index < -0.39 is 5.78 Å². The van der Waals surface area contributed by atoms with Crippen molar-refractivity contribution in [2.45, 2.75) is 0 Å². The molecule has 78 valence electrons. The Labute approximate surface area is 92.4 Å². The maximum absolute atomic E-state index is 11.7. The van der Waals surface area contributed by atoms with E-state index in [0.717, 1.165) is 0 Å².